The van der Waals surface area contributed by atoms with E-state index in [1.165, 1.54) is 0 Å². The van der Waals surface area contributed by atoms with Crippen molar-refractivity contribution in [3.05, 3.63) is 47.5 Å². The van der Waals surface area contributed by atoms with Crippen LogP contribution >= 0.6 is 0 Å². The largest absolute Gasteiger partial charge is 0.465 e. The van der Waals surface area contributed by atoms with Crippen molar-refractivity contribution in [2.45, 2.75) is 24.8 Å². The van der Waals surface area contributed by atoms with Gasteiger partial charge >= 0.3 is 12.2 Å². The first-order valence-corrected chi connectivity index (χ1v) is 8.38. The Morgan fingerprint density at radius 3 is 2.63 bits per heavy atom. The molecule has 2 heterocycles. The molecule has 2 fully saturated rings. The molecule has 7 nitrogen and oxygen atoms in total. The van der Waals surface area contributed by atoms with Gasteiger partial charge in [0, 0.05) is 18.2 Å². The molecule has 1 aromatic rings. The van der Waals surface area contributed by atoms with Crippen LogP contribution in [0.2, 0.25) is 0 Å². The molecule has 3 rings (SSSR count). The van der Waals surface area contributed by atoms with Crippen molar-refractivity contribution >= 4 is 18.1 Å². The zero-order valence-corrected chi connectivity index (χ0v) is 14.3. The molecular formula is C18H18F2N2O5. The average Bonchev–Trinajstić information content (AvgIpc) is 2.97. The van der Waals surface area contributed by atoms with E-state index in [-0.39, 0.29) is 19.6 Å². The number of rotatable bonds is 3. The summed E-state index contributed by atoms with van der Waals surface area (Å²) in [6.45, 7) is -1.16. The molecule has 27 heavy (non-hydrogen) atoms. The summed E-state index contributed by atoms with van der Waals surface area (Å²) >= 11 is 0. The third-order valence-electron chi connectivity index (χ3n) is 4.59. The number of piperidine rings is 1. The molecule has 0 unspecified atom stereocenters. The number of alkyl halides is 2. The predicted molar refractivity (Wildman–Crippen MR) is 89.4 cm³/mol. The lowest BCUT2D eigenvalue weighted by atomic mass is 9.99. The van der Waals surface area contributed by atoms with Gasteiger partial charge in [-0.1, -0.05) is 30.3 Å². The molecule has 144 valence electrons. The van der Waals surface area contributed by atoms with E-state index in [9.17, 15) is 23.2 Å². The van der Waals surface area contributed by atoms with Gasteiger partial charge in [0.15, 0.2) is 0 Å². The third-order valence-corrected chi connectivity index (χ3v) is 4.59. The zero-order chi connectivity index (χ0) is 19.6. The fourth-order valence-corrected chi connectivity index (χ4v) is 3.19. The number of ether oxygens (including phenoxy) is 1. The summed E-state index contributed by atoms with van der Waals surface area (Å²) in [5.41, 5.74) is 0.398. The summed E-state index contributed by atoms with van der Waals surface area (Å²) in [5.74, 6) is -4.35. The van der Waals surface area contributed by atoms with Gasteiger partial charge in [-0.25, -0.2) is 14.5 Å². The van der Waals surface area contributed by atoms with Gasteiger partial charge in [0.1, 0.15) is 6.61 Å². The van der Waals surface area contributed by atoms with E-state index < -0.39 is 42.2 Å². The van der Waals surface area contributed by atoms with Crippen molar-refractivity contribution in [1.82, 2.24) is 9.80 Å². The quantitative estimate of drug-likeness (QED) is 0.815. The van der Waals surface area contributed by atoms with Crippen molar-refractivity contribution in [3.63, 3.8) is 0 Å². The van der Waals surface area contributed by atoms with Gasteiger partial charge < -0.3 is 14.7 Å². The van der Waals surface area contributed by atoms with Gasteiger partial charge in [0.05, 0.1) is 12.6 Å². The topological polar surface area (TPSA) is 87.2 Å². The monoisotopic (exact) mass is 380 g/mol. The van der Waals surface area contributed by atoms with E-state index in [0.29, 0.717) is 11.3 Å². The molecule has 1 atom stereocenters. The minimum atomic E-state index is -3.47. The van der Waals surface area contributed by atoms with Crippen molar-refractivity contribution < 1.29 is 33.0 Å². The Morgan fingerprint density at radius 1 is 1.30 bits per heavy atom. The lowest BCUT2D eigenvalue weighted by Crippen LogP contribution is -2.47. The number of likely N-dealkylation sites (tertiary alicyclic amines) is 1. The first-order valence-electron chi connectivity index (χ1n) is 8.38. The van der Waals surface area contributed by atoms with E-state index in [1.807, 2.05) is 30.3 Å². The molecule has 0 radical (unpaired) electrons. The van der Waals surface area contributed by atoms with E-state index in [1.54, 1.807) is 0 Å². The number of hydrogen-bond donors (Lipinski definition) is 1. The maximum Gasteiger partial charge on any atom is 0.417 e. The summed E-state index contributed by atoms with van der Waals surface area (Å²) in [5, 5.41) is 8.86. The van der Waals surface area contributed by atoms with Crippen LogP contribution in [0.15, 0.2) is 42.0 Å². The number of hydrogen-bond acceptors (Lipinski definition) is 4. The molecule has 2 saturated heterocycles. The van der Waals surface area contributed by atoms with Crippen molar-refractivity contribution in [2.24, 2.45) is 0 Å². The second kappa shape index (κ2) is 7.34. The number of imide groups is 1. The first-order chi connectivity index (χ1) is 12.8. The van der Waals surface area contributed by atoms with E-state index in [2.05, 4.69) is 0 Å². The predicted octanol–water partition coefficient (Wildman–Crippen LogP) is 2.52. The number of carboxylic acid groups (broad SMARTS) is 1. The molecule has 2 aliphatic rings. The van der Waals surface area contributed by atoms with Gasteiger partial charge in [-0.15, -0.1) is 0 Å². The standard InChI is InChI=1S/C18H18F2N2O5/c19-18(20)11-21(16(24)25)7-6-13(18)9-15(23)22-14(10-27-17(22)26)8-12-4-2-1-3-5-12/h1-5,9,14H,6-8,10-11H2,(H,24,25)/b13-9-/t14-/m1/s1. The molecule has 0 aromatic heterocycles. The van der Waals surface area contributed by atoms with Gasteiger partial charge in [-0.05, 0) is 18.4 Å². The van der Waals surface area contributed by atoms with Crippen LogP contribution in [0.4, 0.5) is 18.4 Å². The molecule has 0 bridgehead atoms. The number of carbonyl (C=O) groups excluding carboxylic acids is 2. The highest BCUT2D eigenvalue weighted by molar-refractivity contribution is 6.00. The van der Waals surface area contributed by atoms with Gasteiger partial charge in [0.25, 0.3) is 11.8 Å². The second-order valence-corrected chi connectivity index (χ2v) is 6.46. The van der Waals surface area contributed by atoms with Crippen LogP contribution in [0, 0.1) is 0 Å². The van der Waals surface area contributed by atoms with E-state index in [0.717, 1.165) is 16.5 Å². The Balaban J connectivity index is 1.76. The number of nitrogens with zero attached hydrogens (tertiary/aromatic N) is 2. The Labute approximate surface area is 153 Å². The third kappa shape index (κ3) is 4.07. The van der Waals surface area contributed by atoms with E-state index >= 15 is 0 Å². The molecule has 3 amide bonds. The minimum Gasteiger partial charge on any atom is -0.465 e. The van der Waals surface area contributed by atoms with Gasteiger partial charge in [-0.3, -0.25) is 4.79 Å². The highest BCUT2D eigenvalue weighted by Crippen LogP contribution is 2.33. The van der Waals surface area contributed by atoms with Crippen LogP contribution in [0.25, 0.3) is 0 Å². The summed E-state index contributed by atoms with van der Waals surface area (Å²) in [6, 6.07) is 8.55. The van der Waals surface area contributed by atoms with Crippen LogP contribution in [0.1, 0.15) is 12.0 Å². The molecule has 1 N–H and O–H groups in total. The smallest absolute Gasteiger partial charge is 0.417 e. The Morgan fingerprint density at radius 2 is 2.00 bits per heavy atom. The first kappa shape index (κ1) is 18.8. The highest BCUT2D eigenvalue weighted by Gasteiger charge is 2.43. The average molecular weight is 380 g/mol. The lowest BCUT2D eigenvalue weighted by molar-refractivity contribution is -0.124. The molecule has 0 saturated carbocycles. The number of cyclic esters (lactones) is 1. The zero-order valence-electron chi connectivity index (χ0n) is 14.3. The summed E-state index contributed by atoms with van der Waals surface area (Å²) in [7, 11) is 0. The molecule has 2 aliphatic heterocycles. The Bertz CT molecular complexity index is 781. The van der Waals surface area contributed by atoms with Crippen molar-refractivity contribution in [2.75, 3.05) is 19.7 Å². The fraction of sp³-hybridized carbons (Fsp3) is 0.389. The van der Waals surface area contributed by atoms with Crippen LogP contribution in [-0.4, -0.2) is 64.7 Å². The number of amides is 3. The van der Waals surface area contributed by atoms with Gasteiger partial charge in [0.2, 0.25) is 0 Å². The summed E-state index contributed by atoms with van der Waals surface area (Å²) < 4.78 is 33.3. The number of halogens is 2. The number of carbonyl (C=O) groups is 3. The Hall–Kier alpha value is -2.97. The van der Waals surface area contributed by atoms with E-state index in [4.69, 9.17) is 9.84 Å². The van der Waals surface area contributed by atoms with Crippen LogP contribution in [0.3, 0.4) is 0 Å². The summed E-state index contributed by atoms with van der Waals surface area (Å²) in [6.07, 6.45) is -1.50. The second-order valence-electron chi connectivity index (χ2n) is 6.46. The minimum absolute atomic E-state index is 0.00811. The van der Waals surface area contributed by atoms with Gasteiger partial charge in [-0.2, -0.15) is 8.78 Å². The highest BCUT2D eigenvalue weighted by atomic mass is 19.3. The van der Waals surface area contributed by atoms with Crippen LogP contribution in [-0.2, 0) is 16.0 Å². The molecule has 1 aromatic carbocycles. The van der Waals surface area contributed by atoms with Crippen molar-refractivity contribution in [3.8, 4) is 0 Å². The molecule has 0 spiro atoms. The maximum absolute atomic E-state index is 14.2. The van der Waals surface area contributed by atoms with Crippen LogP contribution < -0.4 is 0 Å². The molecular weight excluding hydrogens is 362 g/mol. The number of benzene rings is 1. The SMILES string of the molecule is O=C(O)N1CC/C(=C/C(=O)N2C(=O)OC[C@H]2Cc2ccccc2)C(F)(F)C1. The molecule has 0 aliphatic carbocycles. The molecule has 9 heteroatoms. The normalized spacial score (nSPS) is 23.4. The van der Waals surface area contributed by atoms with Crippen LogP contribution in [0.5, 0.6) is 0 Å². The summed E-state index contributed by atoms with van der Waals surface area (Å²) in [4.78, 5) is 36.8. The fourth-order valence-electron chi connectivity index (χ4n) is 3.19. The Kier molecular flexibility index (Phi) is 5.11. The maximum atomic E-state index is 14.2. The van der Waals surface area contributed by atoms with Crippen molar-refractivity contribution in [1.29, 1.82) is 0 Å². The lowest BCUT2D eigenvalue weighted by Gasteiger charge is -2.32.